The van der Waals surface area contributed by atoms with Crippen LogP contribution in [0, 0.1) is 5.92 Å². The number of rotatable bonds is 8. The molecule has 6 nitrogen and oxygen atoms in total. The zero-order valence-corrected chi connectivity index (χ0v) is 18.0. The number of amides is 1. The lowest BCUT2D eigenvalue weighted by Gasteiger charge is -2.20. The number of nitrogens with one attached hydrogen (secondary N) is 2. The van der Waals surface area contributed by atoms with Gasteiger partial charge in [-0.15, -0.1) is 0 Å². The van der Waals surface area contributed by atoms with E-state index < -0.39 is 0 Å². The molecule has 1 heterocycles. The number of H-pyrrole nitrogens is 1. The lowest BCUT2D eigenvalue weighted by molar-refractivity contribution is -0.124. The van der Waals surface area contributed by atoms with Gasteiger partial charge in [0.25, 0.3) is 5.91 Å². The van der Waals surface area contributed by atoms with Crippen molar-refractivity contribution in [2.24, 2.45) is 5.92 Å². The molecule has 162 valence electrons. The van der Waals surface area contributed by atoms with Gasteiger partial charge in [-0.1, -0.05) is 56.3 Å². The summed E-state index contributed by atoms with van der Waals surface area (Å²) in [5.41, 5.74) is 3.00. The average Bonchev–Trinajstić information content (AvgIpc) is 3.25. The van der Waals surface area contributed by atoms with Crippen LogP contribution in [0.4, 0.5) is 0 Å². The minimum atomic E-state index is -0.260. The molecule has 1 amide bonds. The second-order valence-corrected chi connectivity index (χ2v) is 7.94. The molecular formula is C26H25N3O3. The molecule has 0 spiro atoms. The fraction of sp³-hybridized carbons (Fsp3) is 0.192. The fourth-order valence-electron chi connectivity index (χ4n) is 3.49. The Morgan fingerprint density at radius 1 is 0.906 bits per heavy atom. The molecule has 1 atom stereocenters. The number of imidazole rings is 1. The number of hydrogen-bond donors (Lipinski definition) is 2. The summed E-state index contributed by atoms with van der Waals surface area (Å²) in [6, 6.07) is 23.4. The molecule has 0 aliphatic rings. The minimum absolute atomic E-state index is 0.0551. The van der Waals surface area contributed by atoms with Crippen LogP contribution in [-0.4, -0.2) is 28.3 Å². The van der Waals surface area contributed by atoms with E-state index in [1.807, 2.05) is 56.3 Å². The van der Waals surface area contributed by atoms with Crippen LogP contribution in [0.2, 0.25) is 0 Å². The molecule has 0 fully saturated rings. The Morgan fingerprint density at radius 3 is 2.25 bits per heavy atom. The molecule has 0 saturated carbocycles. The molecule has 0 aliphatic carbocycles. The first-order valence-electron chi connectivity index (χ1n) is 10.6. The van der Waals surface area contributed by atoms with Crippen molar-refractivity contribution in [2.45, 2.75) is 19.9 Å². The number of hydrogen-bond acceptors (Lipinski definition) is 4. The largest absolute Gasteiger partial charge is 0.484 e. The zero-order valence-electron chi connectivity index (χ0n) is 18.0. The van der Waals surface area contributed by atoms with Crippen molar-refractivity contribution in [3.05, 3.63) is 95.8 Å². The number of para-hydroxylation sites is 2. The van der Waals surface area contributed by atoms with Gasteiger partial charge in [-0.25, -0.2) is 4.98 Å². The topological polar surface area (TPSA) is 84.1 Å². The van der Waals surface area contributed by atoms with E-state index in [1.165, 1.54) is 0 Å². The molecule has 0 unspecified atom stereocenters. The molecule has 4 aromatic rings. The Hall–Kier alpha value is -3.93. The van der Waals surface area contributed by atoms with Crippen molar-refractivity contribution < 1.29 is 14.3 Å². The lowest BCUT2D eigenvalue weighted by Crippen LogP contribution is -2.35. The zero-order chi connectivity index (χ0) is 22.5. The third kappa shape index (κ3) is 4.86. The summed E-state index contributed by atoms with van der Waals surface area (Å²) in [6.07, 6.45) is 0. The lowest BCUT2D eigenvalue weighted by atomic mass is 10.0. The van der Waals surface area contributed by atoms with E-state index in [2.05, 4.69) is 15.3 Å². The van der Waals surface area contributed by atoms with E-state index in [4.69, 9.17) is 4.74 Å². The van der Waals surface area contributed by atoms with Crippen LogP contribution in [0.25, 0.3) is 11.0 Å². The summed E-state index contributed by atoms with van der Waals surface area (Å²) in [7, 11) is 0. The number of carbonyl (C=O) groups is 2. The number of aromatic nitrogens is 2. The van der Waals surface area contributed by atoms with Gasteiger partial charge in [0.1, 0.15) is 11.6 Å². The van der Waals surface area contributed by atoms with Crippen molar-refractivity contribution in [3.63, 3.8) is 0 Å². The monoisotopic (exact) mass is 427 g/mol. The van der Waals surface area contributed by atoms with Gasteiger partial charge in [-0.3, -0.25) is 9.59 Å². The Labute approximate surface area is 186 Å². The first-order valence-corrected chi connectivity index (χ1v) is 10.6. The summed E-state index contributed by atoms with van der Waals surface area (Å²) in [5.74, 6) is 1.09. The van der Waals surface area contributed by atoms with Crippen molar-refractivity contribution in [3.8, 4) is 5.75 Å². The maximum absolute atomic E-state index is 12.5. The molecule has 3 aromatic carbocycles. The molecule has 0 radical (unpaired) electrons. The highest BCUT2D eigenvalue weighted by molar-refractivity contribution is 6.09. The Bertz CT molecular complexity index is 1180. The van der Waals surface area contributed by atoms with Gasteiger partial charge in [0, 0.05) is 11.1 Å². The van der Waals surface area contributed by atoms with Crippen LogP contribution in [0.3, 0.4) is 0 Å². The predicted molar refractivity (Wildman–Crippen MR) is 124 cm³/mol. The highest BCUT2D eigenvalue weighted by Crippen LogP contribution is 2.22. The highest BCUT2D eigenvalue weighted by Gasteiger charge is 2.22. The molecule has 0 saturated heterocycles. The number of ketones is 1. The standard InChI is InChI=1S/C26H25N3O3/c1-17(2)24(26-27-21-10-6-7-11-22(21)28-26)29-23(30)16-32-20-14-12-19(13-15-20)25(31)18-8-4-3-5-9-18/h3-15,17,24H,16H2,1-2H3,(H,27,28)(H,29,30)/t24-/m0/s1. The summed E-state index contributed by atoms with van der Waals surface area (Å²) >= 11 is 0. The van der Waals surface area contributed by atoms with E-state index in [9.17, 15) is 9.59 Å². The van der Waals surface area contributed by atoms with Gasteiger partial charge >= 0.3 is 0 Å². The first kappa shape index (κ1) is 21.3. The van der Waals surface area contributed by atoms with E-state index in [-0.39, 0.29) is 30.3 Å². The second-order valence-electron chi connectivity index (χ2n) is 7.94. The minimum Gasteiger partial charge on any atom is -0.484 e. The van der Waals surface area contributed by atoms with Crippen molar-refractivity contribution in [1.29, 1.82) is 0 Å². The molecule has 1 aromatic heterocycles. The summed E-state index contributed by atoms with van der Waals surface area (Å²) in [5, 5.41) is 3.00. The summed E-state index contributed by atoms with van der Waals surface area (Å²) in [6.45, 7) is 3.93. The molecular weight excluding hydrogens is 402 g/mol. The highest BCUT2D eigenvalue weighted by atomic mass is 16.5. The molecule has 6 heteroatoms. The van der Waals surface area contributed by atoms with Crippen LogP contribution in [0.5, 0.6) is 5.75 Å². The van der Waals surface area contributed by atoms with Gasteiger partial charge in [-0.2, -0.15) is 0 Å². The van der Waals surface area contributed by atoms with Crippen molar-refractivity contribution in [2.75, 3.05) is 6.61 Å². The number of aromatic amines is 1. The number of nitrogens with zero attached hydrogens (tertiary/aromatic N) is 1. The summed E-state index contributed by atoms with van der Waals surface area (Å²) in [4.78, 5) is 32.9. The van der Waals surface area contributed by atoms with Crippen LogP contribution >= 0.6 is 0 Å². The van der Waals surface area contributed by atoms with Crippen molar-refractivity contribution >= 4 is 22.7 Å². The quantitative estimate of drug-likeness (QED) is 0.400. The maximum atomic E-state index is 12.5. The summed E-state index contributed by atoms with van der Waals surface area (Å²) < 4.78 is 5.63. The molecule has 4 rings (SSSR count). The third-order valence-electron chi connectivity index (χ3n) is 5.21. The van der Waals surface area contributed by atoms with Crippen LogP contribution in [-0.2, 0) is 4.79 Å². The number of fused-ring (bicyclic) bond motifs is 1. The van der Waals surface area contributed by atoms with E-state index in [1.54, 1.807) is 36.4 Å². The van der Waals surface area contributed by atoms with Gasteiger partial charge in [0.2, 0.25) is 0 Å². The molecule has 0 aliphatic heterocycles. The van der Waals surface area contributed by atoms with E-state index in [0.29, 0.717) is 16.9 Å². The smallest absolute Gasteiger partial charge is 0.258 e. The third-order valence-corrected chi connectivity index (χ3v) is 5.21. The van der Waals surface area contributed by atoms with Gasteiger partial charge < -0.3 is 15.0 Å². The fourth-order valence-corrected chi connectivity index (χ4v) is 3.49. The van der Waals surface area contributed by atoms with Gasteiger partial charge in [0.05, 0.1) is 17.1 Å². The van der Waals surface area contributed by atoms with Crippen molar-refractivity contribution in [1.82, 2.24) is 15.3 Å². The van der Waals surface area contributed by atoms with Gasteiger partial charge in [0.15, 0.2) is 12.4 Å². The number of carbonyl (C=O) groups excluding carboxylic acids is 2. The number of benzene rings is 3. The van der Waals surface area contributed by atoms with Crippen LogP contribution < -0.4 is 10.1 Å². The molecule has 2 N–H and O–H groups in total. The Morgan fingerprint density at radius 2 is 1.56 bits per heavy atom. The SMILES string of the molecule is CC(C)[C@H](NC(=O)COc1ccc(C(=O)c2ccccc2)cc1)c1nc2ccccc2[nH]1. The van der Waals surface area contributed by atoms with Crippen LogP contribution in [0.1, 0.15) is 41.6 Å². The van der Waals surface area contributed by atoms with E-state index >= 15 is 0 Å². The van der Waals surface area contributed by atoms with E-state index in [0.717, 1.165) is 16.9 Å². The van der Waals surface area contributed by atoms with Gasteiger partial charge in [-0.05, 0) is 42.3 Å². The molecule has 32 heavy (non-hydrogen) atoms. The Kier molecular flexibility index (Phi) is 6.31. The predicted octanol–water partition coefficient (Wildman–Crippen LogP) is 4.69. The number of ether oxygens (including phenoxy) is 1. The van der Waals surface area contributed by atoms with Crippen LogP contribution in [0.15, 0.2) is 78.9 Å². The normalized spacial score (nSPS) is 12.0. The Balaban J connectivity index is 1.36. The second kappa shape index (κ2) is 9.47. The molecule has 0 bridgehead atoms. The maximum Gasteiger partial charge on any atom is 0.258 e. The first-order chi connectivity index (χ1) is 15.5. The average molecular weight is 428 g/mol.